The third kappa shape index (κ3) is 8.30. The van der Waals surface area contributed by atoms with Gasteiger partial charge in [-0.3, -0.25) is 0 Å². The Kier molecular flexibility index (Phi) is 12.9. The van der Waals surface area contributed by atoms with E-state index in [1.54, 1.807) is 23.3 Å². The van der Waals surface area contributed by atoms with Crippen LogP contribution in [0.5, 0.6) is 0 Å². The Labute approximate surface area is 313 Å². The van der Waals surface area contributed by atoms with Crippen molar-refractivity contribution in [2.75, 3.05) is 0 Å². The Bertz CT molecular complexity index is 2180. The topological polar surface area (TPSA) is 0 Å². The van der Waals surface area contributed by atoms with Crippen LogP contribution in [-0.2, 0) is 23.3 Å². The van der Waals surface area contributed by atoms with Crippen LogP contribution >= 0.6 is 0 Å². The number of fused-ring (bicyclic) bond motifs is 4. The van der Waals surface area contributed by atoms with Gasteiger partial charge in [0.1, 0.15) is 0 Å². The van der Waals surface area contributed by atoms with Crippen molar-refractivity contribution in [2.24, 2.45) is 0 Å². The molecular weight excluding hydrogens is 719 g/mol. The van der Waals surface area contributed by atoms with E-state index in [2.05, 4.69) is 174 Å². The molecule has 0 amide bonds. The van der Waals surface area contributed by atoms with E-state index in [-0.39, 0.29) is 30.2 Å². The van der Waals surface area contributed by atoms with Crippen molar-refractivity contribution in [2.45, 2.75) is 40.8 Å². The first-order chi connectivity index (χ1) is 22.2. The summed E-state index contributed by atoms with van der Waals surface area (Å²) in [5.41, 5.74) is 10.8. The molecule has 0 fully saturated rings. The molecule has 48 heavy (non-hydrogen) atoms. The summed E-state index contributed by atoms with van der Waals surface area (Å²) in [4.78, 5) is 0. The summed E-state index contributed by atoms with van der Waals surface area (Å²) in [6.07, 6.45) is 0. The van der Waals surface area contributed by atoms with Gasteiger partial charge in [-0.2, -0.15) is 12.1 Å². The first-order valence-corrected chi connectivity index (χ1v) is 22.2. The van der Waals surface area contributed by atoms with Gasteiger partial charge >= 0.3 is 41.9 Å². The van der Waals surface area contributed by atoms with Crippen LogP contribution in [0.1, 0.15) is 22.3 Å². The van der Waals surface area contributed by atoms with Crippen LogP contribution in [0.15, 0.2) is 133 Å². The number of rotatable bonds is 2. The monoisotopic (exact) mass is 756 g/mol. The number of hydrogen-bond acceptors (Lipinski definition) is 0. The third-order valence-electron chi connectivity index (χ3n) is 8.38. The molecule has 0 aromatic heterocycles. The Morgan fingerprint density at radius 1 is 0.438 bits per heavy atom. The molecule has 8 aromatic rings. The first kappa shape index (κ1) is 37.6. The Morgan fingerprint density at radius 2 is 0.792 bits per heavy atom. The quantitative estimate of drug-likeness (QED) is 0.135. The van der Waals surface area contributed by atoms with Crippen molar-refractivity contribution < 1.29 is 48.1 Å². The second-order valence-corrected chi connectivity index (χ2v) is 22.1. The minimum absolute atomic E-state index is 0. The van der Waals surface area contributed by atoms with E-state index in [0.29, 0.717) is 0 Å². The van der Waals surface area contributed by atoms with Crippen molar-refractivity contribution in [3.05, 3.63) is 156 Å². The zero-order valence-corrected chi connectivity index (χ0v) is 33.4. The molecule has 0 unspecified atom stereocenters. The number of aryl methyl sites for hydroxylation is 4. The zero-order chi connectivity index (χ0) is 32.4. The van der Waals surface area contributed by atoms with E-state index in [1.807, 2.05) is 0 Å². The summed E-state index contributed by atoms with van der Waals surface area (Å²) < 4.78 is 0. The molecular formula is C44H40Cl2SiZr-2. The van der Waals surface area contributed by atoms with Gasteiger partial charge in [0, 0.05) is 0 Å². The van der Waals surface area contributed by atoms with Crippen molar-refractivity contribution in [1.29, 1.82) is 0 Å². The molecule has 0 bridgehead atoms. The fourth-order valence-corrected chi connectivity index (χ4v) is 6.61. The van der Waals surface area contributed by atoms with E-state index < -0.39 is 0 Å². The van der Waals surface area contributed by atoms with Crippen LogP contribution in [0.4, 0.5) is 0 Å². The number of halogens is 2. The van der Waals surface area contributed by atoms with Gasteiger partial charge in [0.15, 0.2) is 0 Å². The maximum absolute atomic E-state index is 2.31. The Balaban J connectivity index is 0.000000188. The van der Waals surface area contributed by atoms with E-state index in [9.17, 15) is 0 Å². The van der Waals surface area contributed by atoms with Gasteiger partial charge in [-0.25, -0.2) is 0 Å². The molecule has 0 saturated carbocycles. The molecule has 8 aromatic carbocycles. The molecule has 240 valence electrons. The minimum atomic E-state index is 0. The van der Waals surface area contributed by atoms with Gasteiger partial charge in [-0.05, 0) is 46.5 Å². The molecule has 0 aliphatic heterocycles. The van der Waals surface area contributed by atoms with Crippen LogP contribution in [0.3, 0.4) is 0 Å². The van der Waals surface area contributed by atoms with Gasteiger partial charge in [-0.1, -0.05) is 133 Å². The first-order valence-electron chi connectivity index (χ1n) is 16.0. The Morgan fingerprint density at radius 3 is 1.19 bits per heavy atom. The largest absolute Gasteiger partial charge is 1.00 e. The van der Waals surface area contributed by atoms with Crippen molar-refractivity contribution >= 4 is 48.5 Å². The van der Waals surface area contributed by atoms with E-state index in [4.69, 9.17) is 0 Å². The molecule has 0 aliphatic rings. The van der Waals surface area contributed by atoms with Gasteiger partial charge in [0.25, 0.3) is 0 Å². The standard InChI is InChI=1S/2C21H17.C2H6Si.2ClH.Zr/c2*1-14-10-17-11-15(2)13-21(20(17)12-14)19-9-5-7-16-6-3-4-8-18(16)19;1-3-2;;;/h2*3-13H,1-2H3;1-2H3;2*1H;/q2*-1;;;;+2/p-2. The molecule has 0 radical (unpaired) electrons. The average molecular weight is 759 g/mol. The second-order valence-electron chi connectivity index (χ2n) is 12.7. The van der Waals surface area contributed by atoms with Crippen LogP contribution < -0.4 is 24.8 Å². The van der Waals surface area contributed by atoms with Crippen molar-refractivity contribution in [3.8, 4) is 22.3 Å². The maximum Gasteiger partial charge on any atom is -0.0114 e. The SMILES string of the molecule is C[Si](C)=[Zr+2].Cc1cc(-c2cccc3ccccc23)c2cc(C)[cH-]c2c1.Cc1cc(-c2cccc3ccccc23)c2cc(C)[cH-]c2c1.[Cl-].[Cl-]. The summed E-state index contributed by atoms with van der Waals surface area (Å²) in [6.45, 7) is 13.3. The molecule has 0 heterocycles. The van der Waals surface area contributed by atoms with Gasteiger partial charge in [-0.15, -0.1) is 56.9 Å². The second kappa shape index (κ2) is 16.4. The molecule has 4 heteroatoms. The van der Waals surface area contributed by atoms with Crippen LogP contribution in [0.2, 0.25) is 13.1 Å². The van der Waals surface area contributed by atoms with Crippen molar-refractivity contribution in [3.63, 3.8) is 0 Å². The fourth-order valence-electron chi connectivity index (χ4n) is 6.61. The minimum Gasteiger partial charge on any atom is -1.00 e. The van der Waals surface area contributed by atoms with Crippen LogP contribution in [-0.4, -0.2) is 5.43 Å². The van der Waals surface area contributed by atoms with Gasteiger partial charge in [0.2, 0.25) is 0 Å². The molecule has 8 rings (SSSR count). The molecule has 0 atom stereocenters. The molecule has 0 saturated heterocycles. The summed E-state index contributed by atoms with van der Waals surface area (Å²) in [5, 5.41) is 10.6. The fraction of sp³-hybridized carbons (Fsp3) is 0.136. The number of benzene rings is 6. The van der Waals surface area contributed by atoms with Crippen molar-refractivity contribution in [1.82, 2.24) is 0 Å². The summed E-state index contributed by atoms with van der Waals surface area (Å²) in [6, 6.07) is 48.7. The predicted octanol–water partition coefficient (Wildman–Crippen LogP) is 6.78. The molecule has 0 aliphatic carbocycles. The summed E-state index contributed by atoms with van der Waals surface area (Å²) >= 11 is 1.74. The van der Waals surface area contributed by atoms with Crippen LogP contribution in [0, 0.1) is 27.7 Å². The smallest absolute Gasteiger partial charge is 0.0114 e. The zero-order valence-electron chi connectivity index (χ0n) is 28.5. The maximum atomic E-state index is 2.31. The Hall–Kier alpha value is -3.26. The molecule has 0 spiro atoms. The van der Waals surface area contributed by atoms with Crippen LogP contribution in [0.25, 0.3) is 65.3 Å². The third-order valence-corrected chi connectivity index (χ3v) is 8.38. The van der Waals surface area contributed by atoms with E-state index in [0.717, 1.165) is 0 Å². The normalized spacial score (nSPS) is 10.5. The number of hydrogen-bond donors (Lipinski definition) is 0. The van der Waals surface area contributed by atoms with E-state index >= 15 is 0 Å². The van der Waals surface area contributed by atoms with E-state index in [1.165, 1.54) is 87.6 Å². The predicted molar refractivity (Wildman–Crippen MR) is 201 cm³/mol. The summed E-state index contributed by atoms with van der Waals surface area (Å²) in [7, 11) is 0. The summed E-state index contributed by atoms with van der Waals surface area (Å²) in [5.74, 6) is 0. The van der Waals surface area contributed by atoms with Gasteiger partial charge < -0.3 is 24.8 Å². The van der Waals surface area contributed by atoms with Gasteiger partial charge in [0.05, 0.1) is 0 Å². The molecule has 0 N–H and O–H groups in total. The average Bonchev–Trinajstić information content (AvgIpc) is 3.60. The molecule has 0 nitrogen and oxygen atoms in total.